The Morgan fingerprint density at radius 3 is 2.38 bits per heavy atom. The lowest BCUT2D eigenvalue weighted by Crippen LogP contribution is -2.17. The monoisotopic (exact) mass is 224 g/mol. The second-order valence-corrected chi connectivity index (χ2v) is 4.51. The van der Waals surface area contributed by atoms with Crippen LogP contribution >= 0.6 is 11.1 Å². The van der Waals surface area contributed by atoms with Crippen LogP contribution in [0.5, 0.6) is 0 Å². The van der Waals surface area contributed by atoms with Crippen LogP contribution in [0.3, 0.4) is 0 Å². The van der Waals surface area contributed by atoms with Crippen molar-refractivity contribution in [3.05, 3.63) is 29.8 Å². The minimum atomic E-state index is -4.41. The molecule has 1 aromatic carbocycles. The lowest BCUT2D eigenvalue weighted by atomic mass is 10.2. The summed E-state index contributed by atoms with van der Waals surface area (Å²) in [7, 11) is -2.57. The zero-order valence-electron chi connectivity index (χ0n) is 6.23. The third kappa shape index (κ3) is 2.63. The fourth-order valence-electron chi connectivity index (χ4n) is 0.818. The van der Waals surface area contributed by atoms with E-state index in [4.69, 9.17) is 11.1 Å². The molecular weight excluding hydrogens is 221 g/mol. The lowest BCUT2D eigenvalue weighted by Gasteiger charge is -2.06. The first-order valence-corrected chi connectivity index (χ1v) is 5.70. The van der Waals surface area contributed by atoms with Gasteiger partial charge in [0.25, 0.3) is 0 Å². The number of benzene rings is 1. The summed E-state index contributed by atoms with van der Waals surface area (Å²) in [5.41, 5.74) is -0.830. The van der Waals surface area contributed by atoms with E-state index in [1.807, 2.05) is 0 Å². The SMILES string of the molecule is O=[Si](Cl)c1cccc(C(F)(F)F)c1. The first kappa shape index (κ1) is 10.4. The van der Waals surface area contributed by atoms with Gasteiger partial charge in [-0.25, -0.2) is 0 Å². The Morgan fingerprint density at radius 2 is 1.92 bits per heavy atom. The van der Waals surface area contributed by atoms with Crippen molar-refractivity contribution in [3.63, 3.8) is 0 Å². The maximum Gasteiger partial charge on any atom is 0.419 e. The maximum absolute atomic E-state index is 12.1. The minimum absolute atomic E-state index is 0.0292. The van der Waals surface area contributed by atoms with Crippen LogP contribution in [-0.4, -0.2) is 7.99 Å². The molecule has 1 nitrogen and oxygen atoms in total. The minimum Gasteiger partial charge on any atom is -0.362 e. The van der Waals surface area contributed by atoms with Gasteiger partial charge in [0.05, 0.1) is 5.56 Å². The van der Waals surface area contributed by atoms with Crippen molar-refractivity contribution in [2.75, 3.05) is 0 Å². The van der Waals surface area contributed by atoms with Gasteiger partial charge in [0, 0.05) is 5.19 Å². The second kappa shape index (κ2) is 3.59. The van der Waals surface area contributed by atoms with E-state index in [9.17, 15) is 17.6 Å². The van der Waals surface area contributed by atoms with Gasteiger partial charge in [0.1, 0.15) is 0 Å². The summed E-state index contributed by atoms with van der Waals surface area (Å²) < 4.78 is 47.0. The van der Waals surface area contributed by atoms with E-state index in [1.165, 1.54) is 12.1 Å². The van der Waals surface area contributed by atoms with E-state index in [0.717, 1.165) is 12.1 Å². The van der Waals surface area contributed by atoms with Crippen LogP contribution in [0, 0.1) is 0 Å². The van der Waals surface area contributed by atoms with Gasteiger partial charge in [-0.3, -0.25) is 0 Å². The van der Waals surface area contributed by atoms with E-state index in [2.05, 4.69) is 0 Å². The molecule has 0 saturated heterocycles. The van der Waals surface area contributed by atoms with Gasteiger partial charge in [-0.1, -0.05) is 29.3 Å². The van der Waals surface area contributed by atoms with Gasteiger partial charge in [0.15, 0.2) is 0 Å². The molecular formula is C7H4ClF3OSi. The molecule has 0 heterocycles. The van der Waals surface area contributed by atoms with E-state index in [0.29, 0.717) is 0 Å². The molecule has 70 valence electrons. The van der Waals surface area contributed by atoms with Crippen molar-refractivity contribution in [1.82, 2.24) is 0 Å². The molecule has 0 aliphatic rings. The number of hydrogen-bond acceptors (Lipinski definition) is 1. The van der Waals surface area contributed by atoms with Crippen molar-refractivity contribution in [3.8, 4) is 0 Å². The number of hydrogen-bond donors (Lipinski definition) is 0. The largest absolute Gasteiger partial charge is 0.419 e. The molecule has 0 unspecified atom stereocenters. The summed E-state index contributed by atoms with van der Waals surface area (Å²) in [6.45, 7) is 0. The van der Waals surface area contributed by atoms with Crippen LogP contribution in [0.2, 0.25) is 0 Å². The van der Waals surface area contributed by atoms with Crippen molar-refractivity contribution in [1.29, 1.82) is 0 Å². The number of halogens is 4. The highest BCUT2D eigenvalue weighted by Gasteiger charge is 2.30. The average molecular weight is 225 g/mol. The Morgan fingerprint density at radius 1 is 1.31 bits per heavy atom. The molecule has 0 radical (unpaired) electrons. The lowest BCUT2D eigenvalue weighted by molar-refractivity contribution is -0.137. The van der Waals surface area contributed by atoms with E-state index in [-0.39, 0.29) is 5.19 Å². The quantitative estimate of drug-likeness (QED) is 0.527. The highest BCUT2D eigenvalue weighted by molar-refractivity contribution is 7.05. The third-order valence-electron chi connectivity index (χ3n) is 1.42. The Hall–Kier alpha value is -0.683. The molecule has 0 bridgehead atoms. The maximum atomic E-state index is 12.1. The first-order chi connectivity index (χ1) is 5.91. The molecule has 13 heavy (non-hydrogen) atoms. The fourth-order valence-corrected chi connectivity index (χ4v) is 1.67. The van der Waals surface area contributed by atoms with Crippen molar-refractivity contribution in [2.45, 2.75) is 6.18 Å². The van der Waals surface area contributed by atoms with Crippen molar-refractivity contribution >= 4 is 24.3 Å². The number of rotatable bonds is 1. The third-order valence-corrected chi connectivity index (χ3v) is 2.84. The Balaban J connectivity index is 3.13. The van der Waals surface area contributed by atoms with E-state index in [1.54, 1.807) is 0 Å². The molecule has 1 aromatic rings. The topological polar surface area (TPSA) is 17.1 Å². The van der Waals surface area contributed by atoms with Crippen LogP contribution in [0.1, 0.15) is 5.56 Å². The summed E-state index contributed by atoms with van der Waals surface area (Å²) in [5, 5.41) is 0.0292. The van der Waals surface area contributed by atoms with Crippen LogP contribution in [0.4, 0.5) is 13.2 Å². The molecule has 1 rings (SSSR count). The van der Waals surface area contributed by atoms with Gasteiger partial charge >= 0.3 is 14.2 Å². The van der Waals surface area contributed by atoms with E-state index < -0.39 is 19.7 Å². The molecule has 6 heteroatoms. The predicted octanol–water partition coefficient (Wildman–Crippen LogP) is 2.07. The van der Waals surface area contributed by atoms with Crippen LogP contribution in [0.15, 0.2) is 24.3 Å². The molecule has 0 amide bonds. The summed E-state index contributed by atoms with van der Waals surface area (Å²) in [6, 6.07) is 4.20. The average Bonchev–Trinajstić information content (AvgIpc) is 2.03. The molecule has 0 fully saturated rings. The Kier molecular flexibility index (Phi) is 2.87. The molecule has 0 N–H and O–H groups in total. The normalized spacial score (nSPS) is 11.4. The first-order valence-electron chi connectivity index (χ1n) is 3.28. The molecule has 0 saturated carbocycles. The van der Waals surface area contributed by atoms with Gasteiger partial charge in [-0.15, -0.1) is 0 Å². The molecule has 0 aliphatic carbocycles. The zero-order chi connectivity index (χ0) is 10.1. The van der Waals surface area contributed by atoms with E-state index >= 15 is 0 Å². The van der Waals surface area contributed by atoms with Crippen LogP contribution in [0.25, 0.3) is 0 Å². The number of alkyl halides is 3. The Bertz CT molecular complexity index is 337. The smallest absolute Gasteiger partial charge is 0.362 e. The van der Waals surface area contributed by atoms with Crippen molar-refractivity contribution < 1.29 is 17.6 Å². The predicted molar refractivity (Wildman–Crippen MR) is 43.4 cm³/mol. The standard InChI is InChI=1S/C7H4ClF3OSi/c8-13(12)6-3-1-2-5(4-6)7(9,10)11/h1-4H. The van der Waals surface area contributed by atoms with Crippen LogP contribution in [-0.2, 0) is 10.6 Å². The van der Waals surface area contributed by atoms with Crippen LogP contribution < -0.4 is 5.19 Å². The molecule has 0 aliphatic heterocycles. The highest BCUT2D eigenvalue weighted by Crippen LogP contribution is 2.28. The van der Waals surface area contributed by atoms with Gasteiger partial charge in [-0.05, 0) is 6.07 Å². The summed E-state index contributed by atoms with van der Waals surface area (Å²) in [4.78, 5) is 0. The molecule has 0 spiro atoms. The summed E-state index contributed by atoms with van der Waals surface area (Å²) in [6.07, 6.45) is -4.41. The highest BCUT2D eigenvalue weighted by atomic mass is 35.6. The summed E-state index contributed by atoms with van der Waals surface area (Å²) in [5.74, 6) is 0. The van der Waals surface area contributed by atoms with Gasteiger partial charge < -0.3 is 4.46 Å². The second-order valence-electron chi connectivity index (χ2n) is 2.35. The van der Waals surface area contributed by atoms with Crippen molar-refractivity contribution in [2.24, 2.45) is 0 Å². The summed E-state index contributed by atoms with van der Waals surface area (Å²) >= 11 is 5.20. The fraction of sp³-hybridized carbons (Fsp3) is 0.143. The zero-order valence-corrected chi connectivity index (χ0v) is 7.99. The van der Waals surface area contributed by atoms with Gasteiger partial charge in [0.2, 0.25) is 0 Å². The molecule has 0 atom stereocenters. The van der Waals surface area contributed by atoms with Gasteiger partial charge in [-0.2, -0.15) is 13.2 Å². The molecule has 0 aromatic heterocycles. The Labute approximate surface area is 78.5 Å².